The Labute approximate surface area is 226 Å². The first-order valence-electron chi connectivity index (χ1n) is 13.4. The molecule has 3 N–H and O–H groups in total. The molecule has 2 rings (SSSR count). The fraction of sp³-hybridized carbons (Fsp3) is 0.815. The monoisotopic (exact) mass is 538 g/mol. The zero-order valence-electron chi connectivity index (χ0n) is 24.5. The fourth-order valence-corrected chi connectivity index (χ4v) is 5.21. The smallest absolute Gasteiger partial charge is 0.408 e. The van der Waals surface area contributed by atoms with Crippen molar-refractivity contribution in [1.29, 1.82) is 0 Å². The molecule has 2 fully saturated rings. The molecule has 2 aliphatic rings. The van der Waals surface area contributed by atoms with E-state index in [1.165, 1.54) is 4.90 Å². The average Bonchev–Trinajstić information content (AvgIpc) is 3.11. The number of nitrogens with one attached hydrogen (secondary N) is 3. The van der Waals surface area contributed by atoms with E-state index in [0.29, 0.717) is 13.0 Å². The Morgan fingerprint density at radius 3 is 2.11 bits per heavy atom. The van der Waals surface area contributed by atoms with Gasteiger partial charge in [0.15, 0.2) is 0 Å². The van der Waals surface area contributed by atoms with Gasteiger partial charge in [-0.3, -0.25) is 24.0 Å². The number of rotatable bonds is 10. The molecule has 38 heavy (non-hydrogen) atoms. The van der Waals surface area contributed by atoms with Crippen molar-refractivity contribution in [3.8, 4) is 0 Å². The maximum Gasteiger partial charge on any atom is 0.408 e. The van der Waals surface area contributed by atoms with Crippen molar-refractivity contribution in [2.24, 2.45) is 22.7 Å². The minimum Gasteiger partial charge on any atom is -0.444 e. The molecular formula is C27H46N4O7. The van der Waals surface area contributed by atoms with Crippen LogP contribution in [0.3, 0.4) is 0 Å². The molecule has 1 saturated heterocycles. The Bertz CT molecular complexity index is 935. The van der Waals surface area contributed by atoms with Gasteiger partial charge in [-0.05, 0) is 56.8 Å². The van der Waals surface area contributed by atoms with Gasteiger partial charge in [0.25, 0.3) is 0 Å². The van der Waals surface area contributed by atoms with Crippen LogP contribution in [-0.4, -0.2) is 71.4 Å². The molecule has 1 saturated carbocycles. The van der Waals surface area contributed by atoms with E-state index in [-0.39, 0.29) is 36.2 Å². The number of hydrogen-bond donors (Lipinski definition) is 3. The van der Waals surface area contributed by atoms with Gasteiger partial charge in [0.2, 0.25) is 17.6 Å². The number of nitrogens with zero attached hydrogens (tertiary/aromatic N) is 1. The number of alkyl carbamates (subject to hydrolysis) is 1. The third-order valence-corrected chi connectivity index (χ3v) is 7.28. The Hall–Kier alpha value is -2.69. The van der Waals surface area contributed by atoms with Crippen LogP contribution in [0.15, 0.2) is 0 Å². The maximum atomic E-state index is 13.9. The largest absolute Gasteiger partial charge is 0.444 e. The number of ketones is 1. The first-order valence-corrected chi connectivity index (χ1v) is 13.4. The molecule has 1 aliphatic heterocycles. The van der Waals surface area contributed by atoms with E-state index in [1.54, 1.807) is 27.7 Å². The molecule has 0 radical (unpaired) electrons. The molecule has 0 aromatic rings. The summed E-state index contributed by atoms with van der Waals surface area (Å²) in [5.41, 5.74) is 0.504. The highest BCUT2D eigenvalue weighted by molar-refractivity contribution is 6.38. The van der Waals surface area contributed by atoms with Crippen molar-refractivity contribution >= 4 is 29.6 Å². The van der Waals surface area contributed by atoms with Gasteiger partial charge >= 0.3 is 12.0 Å². The van der Waals surface area contributed by atoms with Crippen LogP contribution in [0.25, 0.3) is 0 Å². The zero-order chi connectivity index (χ0) is 29.2. The van der Waals surface area contributed by atoms with Crippen molar-refractivity contribution in [2.75, 3.05) is 13.2 Å². The van der Waals surface area contributed by atoms with Crippen molar-refractivity contribution in [2.45, 2.75) is 106 Å². The van der Waals surface area contributed by atoms with E-state index >= 15 is 0 Å². The molecule has 216 valence electrons. The fourth-order valence-electron chi connectivity index (χ4n) is 5.21. The number of piperidine rings is 1. The number of fused-ring (bicyclic) bond motifs is 1. The second-order valence-corrected chi connectivity index (χ2v) is 12.9. The predicted octanol–water partition coefficient (Wildman–Crippen LogP) is 2.33. The zero-order valence-corrected chi connectivity index (χ0v) is 24.5. The second kappa shape index (κ2) is 11.6. The van der Waals surface area contributed by atoms with E-state index in [9.17, 15) is 24.0 Å². The van der Waals surface area contributed by atoms with E-state index < -0.39 is 52.8 Å². The number of ether oxygens (including phenoxy) is 1. The molecule has 11 heteroatoms. The molecule has 11 nitrogen and oxygen atoms in total. The summed E-state index contributed by atoms with van der Waals surface area (Å²) in [6, 6.07) is -2.84. The van der Waals surface area contributed by atoms with Gasteiger partial charge in [0.05, 0.1) is 12.6 Å². The van der Waals surface area contributed by atoms with Crippen LogP contribution in [0.2, 0.25) is 0 Å². The quantitative estimate of drug-likeness (QED) is 0.286. The standard InChI is InChI=1S/C27H46N4O7/c1-11-13-16(19(32)22(34)30-37-12-2)28-21(33)18-17-15(27(17,9)10)14-31(18)23(35)20(25(3,4)5)29-24(36)38-26(6,7)8/h15-18,20H,11-14H2,1-10H3,(H,28,33)(H,29,36)(H,30,34)/t15-,16?,17-,18-,20+/m0/s1. The highest BCUT2D eigenvalue weighted by atomic mass is 16.6. The molecule has 0 bridgehead atoms. The molecule has 1 aliphatic carbocycles. The number of amides is 4. The van der Waals surface area contributed by atoms with E-state index in [2.05, 4.69) is 30.0 Å². The Morgan fingerprint density at radius 1 is 1.00 bits per heavy atom. The summed E-state index contributed by atoms with van der Waals surface area (Å²) >= 11 is 0. The lowest BCUT2D eigenvalue weighted by atomic mass is 9.85. The summed E-state index contributed by atoms with van der Waals surface area (Å²) in [6.45, 7) is 18.8. The molecule has 0 spiro atoms. The molecule has 5 atom stereocenters. The summed E-state index contributed by atoms with van der Waals surface area (Å²) in [5, 5.41) is 5.44. The molecule has 1 heterocycles. The minimum atomic E-state index is -1.05. The van der Waals surface area contributed by atoms with Crippen LogP contribution in [-0.2, 0) is 28.8 Å². The Balaban J connectivity index is 2.29. The van der Waals surface area contributed by atoms with Gasteiger partial charge in [-0.25, -0.2) is 10.3 Å². The molecule has 4 amide bonds. The summed E-state index contributed by atoms with van der Waals surface area (Å²) in [5.74, 6) is -2.63. The van der Waals surface area contributed by atoms with Gasteiger partial charge < -0.3 is 20.3 Å². The molecule has 0 aromatic carbocycles. The lowest BCUT2D eigenvalue weighted by Gasteiger charge is -2.38. The van der Waals surface area contributed by atoms with Crippen LogP contribution in [0.4, 0.5) is 4.79 Å². The van der Waals surface area contributed by atoms with Crippen molar-refractivity contribution in [1.82, 2.24) is 21.0 Å². The van der Waals surface area contributed by atoms with E-state index in [1.807, 2.05) is 27.7 Å². The van der Waals surface area contributed by atoms with Crippen LogP contribution >= 0.6 is 0 Å². The predicted molar refractivity (Wildman–Crippen MR) is 140 cm³/mol. The SMILES string of the molecule is CCCC(NC(=O)[C@@H]1[C@@H]2[C@H](CN1C(=O)[C@@H](NC(=O)OC(C)(C)C)C(C)(C)C)C2(C)C)C(=O)C(=O)NOCC. The average molecular weight is 539 g/mol. The molecular weight excluding hydrogens is 492 g/mol. The molecule has 0 aromatic heterocycles. The first-order chi connectivity index (χ1) is 17.4. The summed E-state index contributed by atoms with van der Waals surface area (Å²) in [7, 11) is 0. The van der Waals surface area contributed by atoms with E-state index in [0.717, 1.165) is 0 Å². The number of likely N-dealkylation sites (tertiary alicyclic amines) is 1. The Kier molecular flexibility index (Phi) is 9.62. The topological polar surface area (TPSA) is 143 Å². The molecule has 1 unspecified atom stereocenters. The lowest BCUT2D eigenvalue weighted by Crippen LogP contribution is -2.60. The van der Waals surface area contributed by atoms with Crippen LogP contribution in [0, 0.1) is 22.7 Å². The first kappa shape index (κ1) is 31.5. The van der Waals surface area contributed by atoms with Crippen LogP contribution < -0.4 is 16.1 Å². The maximum absolute atomic E-state index is 13.9. The normalized spacial score (nSPS) is 23.5. The third-order valence-electron chi connectivity index (χ3n) is 7.28. The second-order valence-electron chi connectivity index (χ2n) is 12.9. The van der Waals surface area contributed by atoms with Crippen molar-refractivity contribution in [3.05, 3.63) is 0 Å². The van der Waals surface area contributed by atoms with Crippen molar-refractivity contribution in [3.63, 3.8) is 0 Å². The number of hydroxylamine groups is 1. The lowest BCUT2D eigenvalue weighted by molar-refractivity contribution is -0.148. The summed E-state index contributed by atoms with van der Waals surface area (Å²) in [6.07, 6.45) is 0.0907. The highest BCUT2D eigenvalue weighted by Gasteiger charge is 2.69. The minimum absolute atomic E-state index is 0.103. The van der Waals surface area contributed by atoms with Crippen molar-refractivity contribution < 1.29 is 33.5 Å². The van der Waals surface area contributed by atoms with Crippen LogP contribution in [0.1, 0.15) is 82.1 Å². The van der Waals surface area contributed by atoms with Crippen LogP contribution in [0.5, 0.6) is 0 Å². The van der Waals surface area contributed by atoms with Gasteiger partial charge in [-0.1, -0.05) is 48.0 Å². The number of Topliss-reactive ketones (excluding diaryl/α,β-unsaturated/α-hetero) is 1. The van der Waals surface area contributed by atoms with E-state index in [4.69, 9.17) is 9.57 Å². The summed E-state index contributed by atoms with van der Waals surface area (Å²) in [4.78, 5) is 71.5. The highest BCUT2D eigenvalue weighted by Crippen LogP contribution is 2.65. The van der Waals surface area contributed by atoms with Gasteiger partial charge in [-0.2, -0.15) is 0 Å². The number of carbonyl (C=O) groups is 5. The Morgan fingerprint density at radius 2 is 1.61 bits per heavy atom. The third kappa shape index (κ3) is 7.24. The van der Waals surface area contributed by atoms with Gasteiger partial charge in [0, 0.05) is 6.54 Å². The number of carbonyl (C=O) groups excluding carboxylic acids is 5. The van der Waals surface area contributed by atoms with Gasteiger partial charge in [0.1, 0.15) is 17.7 Å². The number of hydrogen-bond acceptors (Lipinski definition) is 7. The van der Waals surface area contributed by atoms with Gasteiger partial charge in [-0.15, -0.1) is 0 Å². The summed E-state index contributed by atoms with van der Waals surface area (Å²) < 4.78 is 5.38.